The van der Waals surface area contributed by atoms with E-state index >= 15 is 0 Å². The maximum Gasteiger partial charge on any atom is 0.322 e. The van der Waals surface area contributed by atoms with Gasteiger partial charge in [0, 0.05) is 0 Å². The smallest absolute Gasteiger partial charge is 0.322 e. The molecule has 1 saturated heterocycles. The molecule has 0 aromatic rings. The van der Waals surface area contributed by atoms with Crippen LogP contribution in [0.5, 0.6) is 0 Å². The Bertz CT molecular complexity index is 147. The highest BCUT2D eigenvalue weighted by atomic mass is 16.5. The molecule has 0 radical (unpaired) electrons. The van der Waals surface area contributed by atoms with Crippen molar-refractivity contribution < 1.29 is 9.53 Å². The van der Waals surface area contributed by atoms with Crippen LogP contribution in [0.25, 0.3) is 0 Å². The molecule has 0 aromatic carbocycles. The van der Waals surface area contributed by atoms with Gasteiger partial charge in [-0.05, 0) is 18.9 Å². The summed E-state index contributed by atoms with van der Waals surface area (Å²) in [5.74, 6) is 0.528. The van der Waals surface area contributed by atoms with Crippen LogP contribution in [0.3, 0.4) is 0 Å². The van der Waals surface area contributed by atoms with Gasteiger partial charge >= 0.3 is 5.97 Å². The number of methoxy groups -OCH3 is 1. The van der Waals surface area contributed by atoms with Crippen LogP contribution in [-0.2, 0) is 9.53 Å². The number of esters is 1. The molecule has 64 valence electrons. The Morgan fingerprint density at radius 2 is 2.45 bits per heavy atom. The number of nitrogens with one attached hydrogen (secondary N) is 1. The van der Waals surface area contributed by atoms with Gasteiger partial charge in [0.2, 0.25) is 0 Å². The fourth-order valence-electron chi connectivity index (χ4n) is 1.44. The first-order valence-electron chi connectivity index (χ1n) is 4.09. The van der Waals surface area contributed by atoms with Crippen LogP contribution in [0.2, 0.25) is 0 Å². The van der Waals surface area contributed by atoms with E-state index in [9.17, 15) is 4.79 Å². The van der Waals surface area contributed by atoms with Gasteiger partial charge in [0.05, 0.1) is 7.11 Å². The third-order valence-electron chi connectivity index (χ3n) is 2.29. The van der Waals surface area contributed by atoms with Gasteiger partial charge in [-0.1, -0.05) is 13.3 Å². The minimum atomic E-state index is -0.124. The Kier molecular flexibility index (Phi) is 2.88. The quantitative estimate of drug-likeness (QED) is 0.595. The summed E-state index contributed by atoms with van der Waals surface area (Å²) >= 11 is 0. The van der Waals surface area contributed by atoms with Gasteiger partial charge in [-0.15, -0.1) is 0 Å². The maximum absolute atomic E-state index is 11.0. The van der Waals surface area contributed by atoms with Crippen molar-refractivity contribution in [3.63, 3.8) is 0 Å². The molecular formula is C8H15NO2. The number of hydrogen-bond acceptors (Lipinski definition) is 3. The number of carbonyl (C=O) groups excluding carboxylic acids is 1. The zero-order chi connectivity index (χ0) is 8.27. The molecule has 0 bridgehead atoms. The molecule has 0 spiro atoms. The standard InChI is InChI=1S/C8H15NO2/c1-3-6-4-7(9-5-6)8(10)11-2/h6-7,9H,3-5H2,1-2H3. The van der Waals surface area contributed by atoms with Gasteiger partial charge in [0.15, 0.2) is 0 Å². The summed E-state index contributed by atoms with van der Waals surface area (Å²) in [4.78, 5) is 11.0. The van der Waals surface area contributed by atoms with Crippen molar-refractivity contribution in [2.45, 2.75) is 25.8 Å². The molecular weight excluding hydrogens is 142 g/mol. The van der Waals surface area contributed by atoms with Gasteiger partial charge < -0.3 is 10.1 Å². The second kappa shape index (κ2) is 3.72. The van der Waals surface area contributed by atoms with E-state index in [-0.39, 0.29) is 12.0 Å². The van der Waals surface area contributed by atoms with Crippen LogP contribution in [-0.4, -0.2) is 25.7 Å². The molecule has 1 rings (SSSR count). The van der Waals surface area contributed by atoms with Gasteiger partial charge in [-0.25, -0.2) is 0 Å². The molecule has 1 aliphatic rings. The lowest BCUT2D eigenvalue weighted by molar-refractivity contribution is -0.142. The molecule has 2 unspecified atom stereocenters. The van der Waals surface area contributed by atoms with Crippen LogP contribution < -0.4 is 5.32 Å². The molecule has 3 nitrogen and oxygen atoms in total. The summed E-state index contributed by atoms with van der Waals surface area (Å²) in [6.07, 6.45) is 2.07. The largest absolute Gasteiger partial charge is 0.468 e. The fourth-order valence-corrected chi connectivity index (χ4v) is 1.44. The summed E-state index contributed by atoms with van der Waals surface area (Å²) in [6.45, 7) is 3.10. The van der Waals surface area contributed by atoms with Gasteiger partial charge in [-0.2, -0.15) is 0 Å². The second-order valence-electron chi connectivity index (χ2n) is 2.99. The summed E-state index contributed by atoms with van der Waals surface area (Å²) in [6, 6.07) is -0.0510. The highest BCUT2D eigenvalue weighted by Gasteiger charge is 2.28. The van der Waals surface area contributed by atoms with Crippen molar-refractivity contribution in [1.82, 2.24) is 5.32 Å². The van der Waals surface area contributed by atoms with E-state index in [4.69, 9.17) is 0 Å². The van der Waals surface area contributed by atoms with E-state index in [1.54, 1.807) is 0 Å². The Labute approximate surface area is 67.1 Å². The Morgan fingerprint density at radius 3 is 2.91 bits per heavy atom. The van der Waals surface area contributed by atoms with Crippen molar-refractivity contribution >= 4 is 5.97 Å². The first-order chi connectivity index (χ1) is 5.27. The van der Waals surface area contributed by atoms with E-state index in [1.165, 1.54) is 7.11 Å². The normalized spacial score (nSPS) is 30.4. The molecule has 0 aliphatic carbocycles. The van der Waals surface area contributed by atoms with Crippen LogP contribution >= 0.6 is 0 Å². The fraction of sp³-hybridized carbons (Fsp3) is 0.875. The average Bonchev–Trinajstić information content (AvgIpc) is 2.50. The van der Waals surface area contributed by atoms with Crippen LogP contribution in [0.4, 0.5) is 0 Å². The lowest BCUT2D eigenvalue weighted by Crippen LogP contribution is -2.31. The molecule has 1 aliphatic heterocycles. The van der Waals surface area contributed by atoms with E-state index in [0.717, 1.165) is 19.4 Å². The van der Waals surface area contributed by atoms with Crippen molar-refractivity contribution in [3.05, 3.63) is 0 Å². The number of carbonyl (C=O) groups is 1. The predicted octanol–water partition coefficient (Wildman–Crippen LogP) is 0.547. The van der Waals surface area contributed by atoms with Crippen LogP contribution in [0, 0.1) is 5.92 Å². The molecule has 2 atom stereocenters. The van der Waals surface area contributed by atoms with Crippen molar-refractivity contribution in [1.29, 1.82) is 0 Å². The second-order valence-corrected chi connectivity index (χ2v) is 2.99. The van der Waals surface area contributed by atoms with Gasteiger partial charge in [0.25, 0.3) is 0 Å². The van der Waals surface area contributed by atoms with Crippen molar-refractivity contribution in [2.24, 2.45) is 5.92 Å². The first kappa shape index (κ1) is 8.53. The summed E-state index contributed by atoms with van der Waals surface area (Å²) < 4.78 is 4.63. The van der Waals surface area contributed by atoms with Crippen molar-refractivity contribution in [2.75, 3.05) is 13.7 Å². The zero-order valence-electron chi connectivity index (χ0n) is 7.09. The molecule has 0 saturated carbocycles. The number of ether oxygens (including phenoxy) is 1. The zero-order valence-corrected chi connectivity index (χ0v) is 7.09. The molecule has 1 fully saturated rings. The third kappa shape index (κ3) is 1.93. The van der Waals surface area contributed by atoms with Crippen molar-refractivity contribution in [3.8, 4) is 0 Å². The van der Waals surface area contributed by atoms with E-state index < -0.39 is 0 Å². The van der Waals surface area contributed by atoms with Gasteiger partial charge in [0.1, 0.15) is 6.04 Å². The first-order valence-corrected chi connectivity index (χ1v) is 4.09. The highest BCUT2D eigenvalue weighted by molar-refractivity contribution is 5.75. The predicted molar refractivity (Wildman–Crippen MR) is 42.2 cm³/mol. The monoisotopic (exact) mass is 157 g/mol. The maximum atomic E-state index is 11.0. The number of rotatable bonds is 2. The Morgan fingerprint density at radius 1 is 1.73 bits per heavy atom. The third-order valence-corrected chi connectivity index (χ3v) is 2.29. The molecule has 0 aromatic heterocycles. The van der Waals surface area contributed by atoms with E-state index in [0.29, 0.717) is 5.92 Å². The molecule has 1 N–H and O–H groups in total. The molecule has 0 amide bonds. The van der Waals surface area contributed by atoms with E-state index in [1.807, 2.05) is 0 Å². The number of hydrogen-bond donors (Lipinski definition) is 1. The molecule has 3 heteroatoms. The summed E-state index contributed by atoms with van der Waals surface area (Å²) in [7, 11) is 1.43. The Balaban J connectivity index is 2.35. The van der Waals surface area contributed by atoms with E-state index in [2.05, 4.69) is 17.0 Å². The minimum absolute atomic E-state index is 0.0510. The van der Waals surface area contributed by atoms with Crippen LogP contribution in [0.1, 0.15) is 19.8 Å². The molecule has 11 heavy (non-hydrogen) atoms. The molecule has 1 heterocycles. The SMILES string of the molecule is CCC1CNC(C(=O)OC)C1. The van der Waals surface area contributed by atoms with Gasteiger partial charge in [-0.3, -0.25) is 4.79 Å². The summed E-state index contributed by atoms with van der Waals surface area (Å²) in [5.41, 5.74) is 0. The van der Waals surface area contributed by atoms with Crippen LogP contribution in [0.15, 0.2) is 0 Å². The summed E-state index contributed by atoms with van der Waals surface area (Å²) in [5, 5.41) is 3.13. The highest BCUT2D eigenvalue weighted by Crippen LogP contribution is 2.17. The lowest BCUT2D eigenvalue weighted by atomic mass is 10.0. The average molecular weight is 157 g/mol. The lowest BCUT2D eigenvalue weighted by Gasteiger charge is -2.06. The minimum Gasteiger partial charge on any atom is -0.468 e. The Hall–Kier alpha value is -0.570. The topological polar surface area (TPSA) is 38.3 Å².